The van der Waals surface area contributed by atoms with Gasteiger partial charge in [-0.1, -0.05) is 6.92 Å². The molecule has 0 aliphatic carbocycles. The van der Waals surface area contributed by atoms with Crippen molar-refractivity contribution in [3.8, 4) is 0 Å². The Bertz CT molecular complexity index is 130. The van der Waals surface area contributed by atoms with Crippen molar-refractivity contribution >= 4 is 17.6 Å². The molecule has 0 aromatic carbocycles. The molecule has 1 unspecified atom stereocenters. The standard InChI is InChI=1S/C8H18N2OS/c1-7(6-8(9)10)12-5-3-4-11-2/h7H,3-6H2,1-2H3,(H3,9,10). The number of hydrogen-bond acceptors (Lipinski definition) is 3. The largest absolute Gasteiger partial charge is 0.388 e. The monoisotopic (exact) mass is 190 g/mol. The lowest BCUT2D eigenvalue weighted by molar-refractivity contribution is 0.200. The van der Waals surface area contributed by atoms with Crippen LogP contribution in [0.25, 0.3) is 0 Å². The average Bonchev–Trinajstić information content (AvgIpc) is 1.97. The topological polar surface area (TPSA) is 59.1 Å². The fourth-order valence-corrected chi connectivity index (χ4v) is 1.84. The molecule has 0 aliphatic heterocycles. The molecule has 4 heteroatoms. The fourth-order valence-electron chi connectivity index (χ4n) is 0.856. The van der Waals surface area contributed by atoms with Crippen molar-refractivity contribution in [3.05, 3.63) is 0 Å². The van der Waals surface area contributed by atoms with Crippen molar-refractivity contribution in [2.45, 2.75) is 25.0 Å². The maximum absolute atomic E-state index is 7.08. The Labute approximate surface area is 78.6 Å². The number of hydrogen-bond donors (Lipinski definition) is 2. The molecule has 0 saturated heterocycles. The molecule has 0 saturated carbocycles. The van der Waals surface area contributed by atoms with E-state index in [9.17, 15) is 0 Å². The van der Waals surface area contributed by atoms with Crippen LogP contribution >= 0.6 is 11.8 Å². The first kappa shape index (κ1) is 11.8. The summed E-state index contributed by atoms with van der Waals surface area (Å²) in [4.78, 5) is 0. The van der Waals surface area contributed by atoms with E-state index in [4.69, 9.17) is 15.9 Å². The third-order valence-electron chi connectivity index (χ3n) is 1.40. The van der Waals surface area contributed by atoms with Crippen LogP contribution in [0.5, 0.6) is 0 Å². The van der Waals surface area contributed by atoms with Gasteiger partial charge < -0.3 is 10.5 Å². The minimum absolute atomic E-state index is 0.279. The second-order valence-corrected chi connectivity index (χ2v) is 4.30. The van der Waals surface area contributed by atoms with Crippen molar-refractivity contribution in [1.82, 2.24) is 0 Å². The van der Waals surface area contributed by atoms with Gasteiger partial charge in [-0.3, -0.25) is 5.41 Å². The summed E-state index contributed by atoms with van der Waals surface area (Å²) in [7, 11) is 1.71. The Balaban J connectivity index is 3.19. The van der Waals surface area contributed by atoms with Crippen LogP contribution in [0, 0.1) is 5.41 Å². The second-order valence-electron chi connectivity index (χ2n) is 2.76. The highest BCUT2D eigenvalue weighted by atomic mass is 32.2. The van der Waals surface area contributed by atoms with E-state index in [0.29, 0.717) is 11.7 Å². The summed E-state index contributed by atoms with van der Waals surface area (Å²) in [6.45, 7) is 2.92. The third kappa shape index (κ3) is 7.88. The van der Waals surface area contributed by atoms with Gasteiger partial charge in [0.25, 0.3) is 0 Å². The molecule has 0 aromatic heterocycles. The molecule has 72 valence electrons. The molecule has 0 heterocycles. The van der Waals surface area contributed by atoms with E-state index in [1.165, 1.54) is 0 Å². The summed E-state index contributed by atoms with van der Waals surface area (Å²) in [6, 6.07) is 0. The molecule has 3 nitrogen and oxygen atoms in total. The Morgan fingerprint density at radius 1 is 1.67 bits per heavy atom. The molecule has 0 fully saturated rings. The number of nitrogens with one attached hydrogen (secondary N) is 1. The molecule has 1 atom stereocenters. The predicted octanol–water partition coefficient (Wildman–Crippen LogP) is 1.47. The zero-order valence-corrected chi connectivity index (χ0v) is 8.62. The molecule has 0 aliphatic rings. The van der Waals surface area contributed by atoms with Gasteiger partial charge in [-0.15, -0.1) is 0 Å². The maximum atomic E-state index is 7.08. The third-order valence-corrected chi connectivity index (χ3v) is 2.66. The van der Waals surface area contributed by atoms with Gasteiger partial charge in [0.1, 0.15) is 0 Å². The van der Waals surface area contributed by atoms with Gasteiger partial charge in [-0.2, -0.15) is 11.8 Å². The first-order valence-electron chi connectivity index (χ1n) is 4.10. The highest BCUT2D eigenvalue weighted by molar-refractivity contribution is 7.99. The summed E-state index contributed by atoms with van der Waals surface area (Å²) >= 11 is 1.84. The first-order valence-corrected chi connectivity index (χ1v) is 5.15. The minimum Gasteiger partial charge on any atom is -0.388 e. The van der Waals surface area contributed by atoms with Gasteiger partial charge in [0.05, 0.1) is 5.84 Å². The lowest BCUT2D eigenvalue weighted by Crippen LogP contribution is -2.15. The zero-order chi connectivity index (χ0) is 9.40. The first-order chi connectivity index (χ1) is 5.66. The summed E-state index contributed by atoms with van der Waals surface area (Å²) in [5.41, 5.74) is 5.27. The Kier molecular flexibility index (Phi) is 7.29. The van der Waals surface area contributed by atoms with E-state index in [2.05, 4.69) is 6.92 Å². The van der Waals surface area contributed by atoms with Gasteiger partial charge in [-0.25, -0.2) is 0 Å². The smallest absolute Gasteiger partial charge is 0.0916 e. The highest BCUT2D eigenvalue weighted by Gasteiger charge is 2.03. The Morgan fingerprint density at radius 3 is 2.83 bits per heavy atom. The van der Waals surface area contributed by atoms with Crippen LogP contribution in [0.2, 0.25) is 0 Å². The van der Waals surface area contributed by atoms with Crippen molar-refractivity contribution in [3.63, 3.8) is 0 Å². The van der Waals surface area contributed by atoms with Crippen LogP contribution in [0.1, 0.15) is 19.8 Å². The fraction of sp³-hybridized carbons (Fsp3) is 0.875. The molecular formula is C8H18N2OS. The Hall–Kier alpha value is -0.220. The summed E-state index contributed by atoms with van der Waals surface area (Å²) in [5.74, 6) is 1.36. The second kappa shape index (κ2) is 7.43. The molecule has 12 heavy (non-hydrogen) atoms. The quantitative estimate of drug-likeness (QED) is 0.363. The number of methoxy groups -OCH3 is 1. The van der Waals surface area contributed by atoms with E-state index >= 15 is 0 Å². The predicted molar refractivity (Wildman–Crippen MR) is 54.9 cm³/mol. The molecule has 0 rings (SSSR count). The van der Waals surface area contributed by atoms with Gasteiger partial charge in [0, 0.05) is 25.4 Å². The number of amidine groups is 1. The summed E-state index contributed by atoms with van der Waals surface area (Å²) in [5, 5.41) is 7.54. The number of thioether (sulfide) groups is 1. The Morgan fingerprint density at radius 2 is 2.33 bits per heavy atom. The normalized spacial score (nSPS) is 12.8. The van der Waals surface area contributed by atoms with E-state index in [0.717, 1.165) is 18.8 Å². The molecule has 0 bridgehead atoms. The van der Waals surface area contributed by atoms with Gasteiger partial charge in [-0.05, 0) is 12.2 Å². The molecule has 0 spiro atoms. The molecule has 3 N–H and O–H groups in total. The van der Waals surface area contributed by atoms with Crippen LogP contribution in [0.15, 0.2) is 0 Å². The van der Waals surface area contributed by atoms with Gasteiger partial charge in [0.15, 0.2) is 0 Å². The van der Waals surface area contributed by atoms with Crippen molar-refractivity contribution in [2.75, 3.05) is 19.5 Å². The van der Waals surface area contributed by atoms with E-state index in [-0.39, 0.29) is 5.84 Å². The number of nitrogens with two attached hydrogens (primary N) is 1. The molecule has 0 aromatic rings. The van der Waals surface area contributed by atoms with E-state index < -0.39 is 0 Å². The average molecular weight is 190 g/mol. The number of rotatable bonds is 7. The van der Waals surface area contributed by atoms with Crippen LogP contribution in [0.3, 0.4) is 0 Å². The van der Waals surface area contributed by atoms with Crippen LogP contribution in [-0.4, -0.2) is 30.6 Å². The van der Waals surface area contributed by atoms with Crippen molar-refractivity contribution < 1.29 is 4.74 Å². The molecular weight excluding hydrogens is 172 g/mol. The lowest BCUT2D eigenvalue weighted by atomic mass is 10.3. The van der Waals surface area contributed by atoms with E-state index in [1.54, 1.807) is 7.11 Å². The van der Waals surface area contributed by atoms with Crippen molar-refractivity contribution in [2.24, 2.45) is 5.73 Å². The zero-order valence-electron chi connectivity index (χ0n) is 7.80. The molecule has 0 amide bonds. The molecule has 0 radical (unpaired) electrons. The lowest BCUT2D eigenvalue weighted by Gasteiger charge is -2.08. The minimum atomic E-state index is 0.279. The maximum Gasteiger partial charge on any atom is 0.0916 e. The van der Waals surface area contributed by atoms with Crippen LogP contribution in [-0.2, 0) is 4.74 Å². The summed E-state index contributed by atoms with van der Waals surface area (Å²) in [6.07, 6.45) is 1.76. The summed E-state index contributed by atoms with van der Waals surface area (Å²) < 4.78 is 4.92. The van der Waals surface area contributed by atoms with Gasteiger partial charge in [0.2, 0.25) is 0 Å². The highest BCUT2D eigenvalue weighted by Crippen LogP contribution is 2.14. The van der Waals surface area contributed by atoms with Crippen LogP contribution in [0.4, 0.5) is 0 Å². The van der Waals surface area contributed by atoms with E-state index in [1.807, 2.05) is 11.8 Å². The van der Waals surface area contributed by atoms with Crippen LogP contribution < -0.4 is 5.73 Å². The number of ether oxygens (including phenoxy) is 1. The van der Waals surface area contributed by atoms with Crippen molar-refractivity contribution in [1.29, 1.82) is 5.41 Å². The SMILES string of the molecule is COCCCSC(C)CC(=N)N. The van der Waals surface area contributed by atoms with Gasteiger partial charge >= 0.3 is 0 Å².